The molecule has 4 amide bonds. The summed E-state index contributed by atoms with van der Waals surface area (Å²) >= 11 is 14.7. The molecule has 1 saturated carbocycles. The number of rotatable bonds is 8. The van der Waals surface area contributed by atoms with Gasteiger partial charge in [0.05, 0.1) is 57.4 Å². The number of nitrogens with one attached hydrogen (secondary N) is 1. The third kappa shape index (κ3) is 5.79. The molecule has 56 heavy (non-hydrogen) atoms. The number of phenols is 1. The van der Waals surface area contributed by atoms with Crippen molar-refractivity contribution < 1.29 is 43.8 Å². The van der Waals surface area contributed by atoms with Crippen LogP contribution >= 0.6 is 45.8 Å². The number of methoxy groups -OCH3 is 2. The Kier molecular flexibility index (Phi) is 9.84. The Labute approximate surface area is 345 Å². The molecular weight excluding hydrogens is 875 g/mol. The van der Waals surface area contributed by atoms with E-state index in [2.05, 4.69) is 5.43 Å². The van der Waals surface area contributed by atoms with E-state index < -0.39 is 65.8 Å². The lowest BCUT2D eigenvalue weighted by atomic mass is 9.49. The Morgan fingerprint density at radius 3 is 2.32 bits per heavy atom. The van der Waals surface area contributed by atoms with Crippen LogP contribution in [0.2, 0.25) is 10.0 Å². The molecule has 2 saturated heterocycles. The van der Waals surface area contributed by atoms with Gasteiger partial charge in [0.15, 0.2) is 11.5 Å². The molecular formula is C40H33BCl2IN3O9. The van der Waals surface area contributed by atoms with Gasteiger partial charge in [-0.2, -0.15) is 5.01 Å². The molecule has 12 nitrogen and oxygen atoms in total. The van der Waals surface area contributed by atoms with E-state index in [9.17, 15) is 24.7 Å². The SMILES string of the molecule is COc1ccc(C23C(=O)N(Nc4ccc(Cl)cc4Cl)C(=O)C2CC2C(=CCC4C(=O)N(c5cccc(B(O)O)c5)C(=O)C42)C3c2cc(I)c(O)c(OC)c2)cc1. The van der Waals surface area contributed by atoms with Gasteiger partial charge in [0.2, 0.25) is 11.8 Å². The number of ether oxygens (including phenoxy) is 2. The largest absolute Gasteiger partial charge is 0.504 e. The highest BCUT2D eigenvalue weighted by atomic mass is 127. The molecule has 0 spiro atoms. The Balaban J connectivity index is 1.34. The van der Waals surface area contributed by atoms with E-state index in [0.717, 1.165) is 9.91 Å². The zero-order chi connectivity index (χ0) is 39.8. The summed E-state index contributed by atoms with van der Waals surface area (Å²) in [5, 5.41) is 32.2. The number of allylic oxidation sites excluding steroid dienone is 2. The predicted octanol–water partition coefficient (Wildman–Crippen LogP) is 5.19. The lowest BCUT2D eigenvalue weighted by Crippen LogP contribution is -2.53. The molecule has 0 radical (unpaired) electrons. The van der Waals surface area contributed by atoms with Gasteiger partial charge in [0.1, 0.15) is 5.75 Å². The highest BCUT2D eigenvalue weighted by molar-refractivity contribution is 14.1. The number of amides is 4. The molecule has 0 aromatic heterocycles. The molecule has 16 heteroatoms. The molecule has 2 aliphatic carbocycles. The number of hydrogen-bond donors (Lipinski definition) is 4. The standard InChI is InChI=1S/C40H33BCl2IN3O9/c1-55-24-9-6-20(7-10-24)40-28(37(50)47(39(40)52)45-31-13-8-22(42)17-29(31)43)18-27-25(34(40)19-14-30(44)35(48)32(15-19)56-2)11-12-26-33(27)38(51)46(36(26)49)23-5-3-4-21(16-23)41(53)54/h3-11,13-17,26-28,33-34,45,48,53-54H,12,18H2,1-2H3. The number of benzene rings is 4. The van der Waals surface area contributed by atoms with Gasteiger partial charge in [0, 0.05) is 10.9 Å². The van der Waals surface area contributed by atoms with Crippen LogP contribution < -0.4 is 25.3 Å². The van der Waals surface area contributed by atoms with Crippen molar-refractivity contribution in [3.05, 3.63) is 115 Å². The van der Waals surface area contributed by atoms with E-state index in [1.54, 1.807) is 54.6 Å². The molecule has 0 bridgehead atoms. The van der Waals surface area contributed by atoms with Gasteiger partial charge < -0.3 is 24.6 Å². The van der Waals surface area contributed by atoms with Crippen LogP contribution in [-0.2, 0) is 24.6 Å². The molecule has 4 N–H and O–H groups in total. The number of imide groups is 2. The number of nitrogens with zero attached hydrogens (tertiary/aromatic N) is 2. The Bertz CT molecular complexity index is 2360. The van der Waals surface area contributed by atoms with E-state index in [4.69, 9.17) is 32.7 Å². The number of hydrogen-bond acceptors (Lipinski definition) is 10. The number of halogens is 3. The van der Waals surface area contributed by atoms with E-state index in [0.29, 0.717) is 31.0 Å². The van der Waals surface area contributed by atoms with E-state index in [1.807, 2.05) is 28.7 Å². The molecule has 2 heterocycles. The number of carbonyl (C=O) groups excluding carboxylic acids is 4. The summed E-state index contributed by atoms with van der Waals surface area (Å²) in [5.41, 5.74) is 3.67. The number of phenolic OH excluding ortho intramolecular Hbond substituents is 1. The molecule has 6 unspecified atom stereocenters. The van der Waals surface area contributed by atoms with Crippen molar-refractivity contribution in [2.45, 2.75) is 24.2 Å². The first-order valence-electron chi connectivity index (χ1n) is 17.7. The van der Waals surface area contributed by atoms with Crippen molar-refractivity contribution in [2.75, 3.05) is 24.5 Å². The lowest BCUT2D eigenvalue weighted by molar-refractivity contribution is -0.138. The number of anilines is 2. The van der Waals surface area contributed by atoms with Crippen molar-refractivity contribution in [1.29, 1.82) is 0 Å². The summed E-state index contributed by atoms with van der Waals surface area (Å²) in [6, 6.07) is 20.9. The second kappa shape index (κ2) is 14.4. The summed E-state index contributed by atoms with van der Waals surface area (Å²) in [5.74, 6) is -5.86. The van der Waals surface area contributed by atoms with Crippen molar-refractivity contribution in [1.82, 2.24) is 5.01 Å². The minimum absolute atomic E-state index is 0.0290. The summed E-state index contributed by atoms with van der Waals surface area (Å²) in [6.45, 7) is 0. The highest BCUT2D eigenvalue weighted by Gasteiger charge is 2.70. The number of hydrazine groups is 1. The van der Waals surface area contributed by atoms with E-state index in [1.165, 1.54) is 38.5 Å². The van der Waals surface area contributed by atoms with Crippen molar-refractivity contribution in [2.24, 2.45) is 23.7 Å². The highest BCUT2D eigenvalue weighted by Crippen LogP contribution is 2.64. The van der Waals surface area contributed by atoms with Gasteiger partial charge in [-0.1, -0.05) is 59.1 Å². The average molecular weight is 908 g/mol. The maximum Gasteiger partial charge on any atom is 0.488 e. The quantitative estimate of drug-likeness (QED) is 0.0801. The fourth-order valence-electron chi connectivity index (χ4n) is 9.21. The topological polar surface area (TPSA) is 166 Å². The first-order chi connectivity index (χ1) is 26.8. The van der Waals surface area contributed by atoms with Crippen molar-refractivity contribution >= 4 is 93.4 Å². The third-order valence-corrected chi connectivity index (χ3v) is 13.0. The van der Waals surface area contributed by atoms with Crippen LogP contribution in [0.3, 0.4) is 0 Å². The Hall–Kier alpha value is -4.61. The van der Waals surface area contributed by atoms with Gasteiger partial charge in [-0.25, -0.2) is 0 Å². The maximum atomic E-state index is 15.5. The normalized spacial score (nSPS) is 25.4. The fourth-order valence-corrected chi connectivity index (χ4v) is 10.3. The van der Waals surface area contributed by atoms with Crippen LogP contribution in [0, 0.1) is 27.2 Å². The Morgan fingerprint density at radius 1 is 0.893 bits per heavy atom. The number of carbonyl (C=O) groups is 4. The zero-order valence-corrected chi connectivity index (χ0v) is 33.5. The molecule has 4 aromatic rings. The second-order valence-corrected chi connectivity index (χ2v) is 16.3. The van der Waals surface area contributed by atoms with Gasteiger partial charge >= 0.3 is 7.12 Å². The average Bonchev–Trinajstić information content (AvgIpc) is 3.57. The molecule has 2 aliphatic heterocycles. The summed E-state index contributed by atoms with van der Waals surface area (Å²) in [7, 11) is 1.12. The lowest BCUT2D eigenvalue weighted by Gasteiger charge is -2.50. The molecule has 286 valence electrons. The van der Waals surface area contributed by atoms with Crippen LogP contribution in [-0.4, -0.2) is 65.1 Å². The minimum atomic E-state index is -1.82. The molecule has 4 aromatic carbocycles. The van der Waals surface area contributed by atoms with Crippen molar-refractivity contribution in [3.63, 3.8) is 0 Å². The molecule has 3 fully saturated rings. The third-order valence-electron chi connectivity index (χ3n) is 11.6. The second-order valence-electron chi connectivity index (χ2n) is 14.2. The summed E-state index contributed by atoms with van der Waals surface area (Å²) < 4.78 is 11.5. The predicted molar refractivity (Wildman–Crippen MR) is 217 cm³/mol. The first-order valence-corrected chi connectivity index (χ1v) is 19.5. The van der Waals surface area contributed by atoms with Gasteiger partial charge in [-0.15, -0.1) is 0 Å². The van der Waals surface area contributed by atoms with Gasteiger partial charge in [-0.05, 0) is 113 Å². The first kappa shape index (κ1) is 38.3. The zero-order valence-electron chi connectivity index (χ0n) is 29.8. The van der Waals surface area contributed by atoms with Gasteiger partial charge in [0.25, 0.3) is 11.8 Å². The smallest absolute Gasteiger partial charge is 0.488 e. The maximum absolute atomic E-state index is 15.5. The van der Waals surface area contributed by atoms with Gasteiger partial charge in [-0.3, -0.25) is 29.5 Å². The van der Waals surface area contributed by atoms with Crippen LogP contribution in [0.15, 0.2) is 90.5 Å². The molecule has 8 rings (SSSR count). The molecule has 6 atom stereocenters. The fraction of sp³-hybridized carbons (Fsp3) is 0.250. The summed E-state index contributed by atoms with van der Waals surface area (Å²) in [4.78, 5) is 60.4. The number of aromatic hydroxyl groups is 1. The monoisotopic (exact) mass is 907 g/mol. The minimum Gasteiger partial charge on any atom is -0.504 e. The van der Waals surface area contributed by atoms with E-state index >= 15 is 9.59 Å². The van der Waals surface area contributed by atoms with Crippen LogP contribution in [0.4, 0.5) is 11.4 Å². The van der Waals surface area contributed by atoms with E-state index in [-0.39, 0.29) is 46.2 Å². The number of fused-ring (bicyclic) bond motifs is 4. The van der Waals surface area contributed by atoms with Crippen LogP contribution in [0.1, 0.15) is 29.9 Å². The van der Waals surface area contributed by atoms with Crippen LogP contribution in [0.25, 0.3) is 0 Å². The summed E-state index contributed by atoms with van der Waals surface area (Å²) in [6.07, 6.45) is 2.11. The molecule has 4 aliphatic rings. The van der Waals surface area contributed by atoms with Crippen molar-refractivity contribution in [3.8, 4) is 17.2 Å². The Morgan fingerprint density at radius 2 is 1.64 bits per heavy atom. The van der Waals surface area contributed by atoms with Crippen LogP contribution in [0.5, 0.6) is 17.2 Å².